The molecule has 0 atom stereocenters. The van der Waals surface area contributed by atoms with Crippen molar-refractivity contribution in [2.75, 3.05) is 12.8 Å². The predicted molar refractivity (Wildman–Crippen MR) is 68.5 cm³/mol. The number of ether oxygens (including phenoxy) is 1. The van der Waals surface area contributed by atoms with Crippen LogP contribution in [0.25, 0.3) is 11.0 Å². The van der Waals surface area contributed by atoms with Gasteiger partial charge in [-0.15, -0.1) is 0 Å². The molecule has 0 aliphatic carbocycles. The van der Waals surface area contributed by atoms with Crippen LogP contribution in [0.1, 0.15) is 6.42 Å². The van der Waals surface area contributed by atoms with Crippen LogP contribution in [0, 0.1) is 0 Å². The van der Waals surface area contributed by atoms with E-state index in [1.807, 2.05) is 18.2 Å². The molecule has 0 unspecified atom stereocenters. The van der Waals surface area contributed by atoms with E-state index in [4.69, 9.17) is 5.73 Å². The Morgan fingerprint density at radius 1 is 1.59 bits per heavy atom. The second-order valence-corrected chi connectivity index (χ2v) is 4.50. The fraction of sp³-hybridized carbons (Fsp3) is 0.273. The van der Waals surface area contributed by atoms with Gasteiger partial charge in [0.15, 0.2) is 0 Å². The lowest BCUT2D eigenvalue weighted by molar-refractivity contribution is -0.140. The number of nitrogen functional groups attached to an aromatic ring is 1. The van der Waals surface area contributed by atoms with Crippen molar-refractivity contribution in [2.45, 2.75) is 13.0 Å². The Hall–Kier alpha value is -1.56. The van der Waals surface area contributed by atoms with Crippen LogP contribution in [0.2, 0.25) is 0 Å². The number of hydrogen-bond donors (Lipinski definition) is 1. The number of aryl methyl sites for hydroxylation is 1. The number of benzene rings is 1. The molecule has 0 amide bonds. The zero-order chi connectivity index (χ0) is 12.4. The smallest absolute Gasteiger partial charge is 0.307 e. The average Bonchev–Trinajstić information content (AvgIpc) is 2.61. The van der Waals surface area contributed by atoms with E-state index in [1.54, 1.807) is 4.57 Å². The van der Waals surface area contributed by atoms with Crippen molar-refractivity contribution in [3.63, 3.8) is 0 Å². The summed E-state index contributed by atoms with van der Waals surface area (Å²) in [5, 5.41) is 0. The number of aromatic nitrogens is 2. The van der Waals surface area contributed by atoms with Crippen LogP contribution >= 0.6 is 15.9 Å². The maximum Gasteiger partial charge on any atom is 0.307 e. The third kappa shape index (κ3) is 2.41. The van der Waals surface area contributed by atoms with Crippen molar-refractivity contribution < 1.29 is 9.53 Å². The van der Waals surface area contributed by atoms with Crippen LogP contribution in [0.5, 0.6) is 0 Å². The summed E-state index contributed by atoms with van der Waals surface area (Å²) in [7, 11) is 1.37. The van der Waals surface area contributed by atoms with Gasteiger partial charge in [-0.1, -0.05) is 15.9 Å². The number of nitrogens with two attached hydrogens (primary N) is 1. The first-order chi connectivity index (χ1) is 8.11. The molecule has 0 spiro atoms. The Kier molecular flexibility index (Phi) is 3.33. The van der Waals surface area contributed by atoms with E-state index in [0.717, 1.165) is 15.5 Å². The topological polar surface area (TPSA) is 70.1 Å². The van der Waals surface area contributed by atoms with Crippen LogP contribution in [-0.4, -0.2) is 22.6 Å². The van der Waals surface area contributed by atoms with Crippen LogP contribution in [0.4, 0.5) is 5.95 Å². The van der Waals surface area contributed by atoms with Gasteiger partial charge in [0.2, 0.25) is 5.95 Å². The second kappa shape index (κ2) is 4.75. The Bertz CT molecular complexity index is 565. The molecule has 6 heteroatoms. The summed E-state index contributed by atoms with van der Waals surface area (Å²) in [4.78, 5) is 15.3. The van der Waals surface area contributed by atoms with E-state index in [9.17, 15) is 4.79 Å². The van der Waals surface area contributed by atoms with E-state index in [-0.39, 0.29) is 12.4 Å². The number of carbonyl (C=O) groups excluding carboxylic acids is 1. The van der Waals surface area contributed by atoms with Crippen LogP contribution < -0.4 is 5.73 Å². The minimum Gasteiger partial charge on any atom is -0.469 e. The number of carbonyl (C=O) groups is 1. The van der Waals surface area contributed by atoms with Crippen LogP contribution in [-0.2, 0) is 16.1 Å². The van der Waals surface area contributed by atoms with Gasteiger partial charge in [-0.25, -0.2) is 4.98 Å². The highest BCUT2D eigenvalue weighted by Crippen LogP contribution is 2.22. The largest absolute Gasteiger partial charge is 0.469 e. The third-order valence-electron chi connectivity index (χ3n) is 2.51. The zero-order valence-corrected chi connectivity index (χ0v) is 10.9. The van der Waals surface area contributed by atoms with Gasteiger partial charge in [0.1, 0.15) is 0 Å². The summed E-state index contributed by atoms with van der Waals surface area (Å²) >= 11 is 3.38. The lowest BCUT2D eigenvalue weighted by Gasteiger charge is -2.05. The molecule has 17 heavy (non-hydrogen) atoms. The minimum atomic E-state index is -0.261. The fourth-order valence-electron chi connectivity index (χ4n) is 1.66. The average molecular weight is 298 g/mol. The molecule has 90 valence electrons. The van der Waals surface area contributed by atoms with Crippen molar-refractivity contribution in [1.82, 2.24) is 9.55 Å². The van der Waals surface area contributed by atoms with Gasteiger partial charge in [-0.3, -0.25) is 4.79 Å². The molecular formula is C11H12BrN3O2. The molecule has 0 saturated heterocycles. The quantitative estimate of drug-likeness (QED) is 0.879. The molecular weight excluding hydrogens is 286 g/mol. The van der Waals surface area contributed by atoms with Crippen molar-refractivity contribution in [3.8, 4) is 0 Å². The highest BCUT2D eigenvalue weighted by Gasteiger charge is 2.10. The molecule has 0 aliphatic heterocycles. The molecule has 0 saturated carbocycles. The molecule has 0 radical (unpaired) electrons. The number of esters is 1. The van der Waals surface area contributed by atoms with E-state index in [0.29, 0.717) is 12.5 Å². The maximum absolute atomic E-state index is 11.1. The van der Waals surface area contributed by atoms with Crippen molar-refractivity contribution in [3.05, 3.63) is 22.7 Å². The summed E-state index contributed by atoms with van der Waals surface area (Å²) < 4.78 is 7.35. The first-order valence-corrected chi connectivity index (χ1v) is 5.89. The molecule has 2 N–H and O–H groups in total. The van der Waals surface area contributed by atoms with Gasteiger partial charge in [-0.2, -0.15) is 0 Å². The lowest BCUT2D eigenvalue weighted by Crippen LogP contribution is -2.09. The molecule has 2 rings (SSSR count). The standard InChI is InChI=1S/C11H12BrN3O2/c1-17-10(16)4-5-15-9-3-2-7(12)6-8(9)14-11(15)13/h2-3,6H,4-5H2,1H3,(H2,13,14). The Labute approximate surface area is 107 Å². The molecule has 1 heterocycles. The fourth-order valence-corrected chi connectivity index (χ4v) is 2.01. The lowest BCUT2D eigenvalue weighted by atomic mass is 10.3. The van der Waals surface area contributed by atoms with E-state index in [2.05, 4.69) is 25.7 Å². The first kappa shape index (κ1) is 11.9. The van der Waals surface area contributed by atoms with Gasteiger partial charge in [-0.05, 0) is 18.2 Å². The zero-order valence-electron chi connectivity index (χ0n) is 9.31. The van der Waals surface area contributed by atoms with Gasteiger partial charge >= 0.3 is 5.97 Å². The first-order valence-electron chi connectivity index (χ1n) is 5.10. The highest BCUT2D eigenvalue weighted by atomic mass is 79.9. The summed E-state index contributed by atoms with van der Waals surface area (Å²) in [6.07, 6.45) is 0.280. The number of anilines is 1. The number of rotatable bonds is 3. The Balaban J connectivity index is 2.33. The van der Waals surface area contributed by atoms with Gasteiger partial charge in [0.05, 0.1) is 24.6 Å². The van der Waals surface area contributed by atoms with Crippen molar-refractivity contribution in [1.29, 1.82) is 0 Å². The Morgan fingerprint density at radius 3 is 3.06 bits per heavy atom. The molecule has 2 aromatic rings. The monoisotopic (exact) mass is 297 g/mol. The third-order valence-corrected chi connectivity index (χ3v) is 3.00. The molecule has 5 nitrogen and oxygen atoms in total. The highest BCUT2D eigenvalue weighted by molar-refractivity contribution is 9.10. The molecule has 0 bridgehead atoms. The number of imidazole rings is 1. The molecule has 1 aromatic carbocycles. The number of fused-ring (bicyclic) bond motifs is 1. The van der Waals surface area contributed by atoms with E-state index in [1.165, 1.54) is 7.11 Å². The van der Waals surface area contributed by atoms with Crippen LogP contribution in [0.3, 0.4) is 0 Å². The number of methoxy groups -OCH3 is 1. The van der Waals surface area contributed by atoms with Gasteiger partial charge < -0.3 is 15.0 Å². The summed E-state index contributed by atoms with van der Waals surface area (Å²) in [6.45, 7) is 0.469. The maximum atomic E-state index is 11.1. The van der Waals surface area contributed by atoms with Gasteiger partial charge in [0, 0.05) is 11.0 Å². The summed E-state index contributed by atoms with van der Waals surface area (Å²) in [6, 6.07) is 5.72. The van der Waals surface area contributed by atoms with E-state index < -0.39 is 0 Å². The minimum absolute atomic E-state index is 0.261. The normalized spacial score (nSPS) is 10.7. The number of hydrogen-bond acceptors (Lipinski definition) is 4. The van der Waals surface area contributed by atoms with Crippen LogP contribution in [0.15, 0.2) is 22.7 Å². The summed E-state index contributed by atoms with van der Waals surface area (Å²) in [5.41, 5.74) is 7.53. The van der Waals surface area contributed by atoms with Crippen molar-refractivity contribution in [2.24, 2.45) is 0 Å². The molecule has 1 aromatic heterocycles. The Morgan fingerprint density at radius 2 is 2.35 bits per heavy atom. The number of nitrogens with zero attached hydrogens (tertiary/aromatic N) is 2. The summed E-state index contributed by atoms with van der Waals surface area (Å²) in [5.74, 6) is 0.144. The predicted octanol–water partition coefficient (Wildman–Crippen LogP) is 1.94. The molecule has 0 fully saturated rings. The second-order valence-electron chi connectivity index (χ2n) is 3.58. The van der Waals surface area contributed by atoms with Crippen molar-refractivity contribution >= 4 is 38.9 Å². The SMILES string of the molecule is COC(=O)CCn1c(N)nc2cc(Br)ccc21. The van der Waals surface area contributed by atoms with Gasteiger partial charge in [0.25, 0.3) is 0 Å². The number of halogens is 1. The molecule has 0 aliphatic rings. The van der Waals surface area contributed by atoms with E-state index >= 15 is 0 Å².